The second-order valence-electron chi connectivity index (χ2n) is 5.90. The summed E-state index contributed by atoms with van der Waals surface area (Å²) < 4.78 is 19.2. The number of fused-ring (bicyclic) bond motifs is 1. The van der Waals surface area contributed by atoms with Crippen molar-refractivity contribution in [1.82, 2.24) is 10.3 Å². The van der Waals surface area contributed by atoms with Crippen LogP contribution in [-0.4, -0.2) is 23.8 Å². The molecular weight excluding hydrogens is 295 g/mol. The number of aromatic nitrogens is 1. The second kappa shape index (κ2) is 6.64. The van der Waals surface area contributed by atoms with Gasteiger partial charge in [0.25, 0.3) is 0 Å². The molecule has 1 aliphatic carbocycles. The number of rotatable bonds is 5. The predicted molar refractivity (Wildman–Crippen MR) is 85.7 cm³/mol. The van der Waals surface area contributed by atoms with Crippen molar-refractivity contribution in [3.63, 3.8) is 0 Å². The highest BCUT2D eigenvalue weighted by atomic mass is 19.1. The van der Waals surface area contributed by atoms with Gasteiger partial charge in [0.1, 0.15) is 0 Å². The van der Waals surface area contributed by atoms with Crippen LogP contribution < -0.4 is 10.1 Å². The van der Waals surface area contributed by atoms with Gasteiger partial charge in [-0.25, -0.2) is 9.37 Å². The molecule has 3 rings (SSSR count). The zero-order chi connectivity index (χ0) is 16.3. The summed E-state index contributed by atoms with van der Waals surface area (Å²) >= 11 is 0. The first-order valence-electron chi connectivity index (χ1n) is 7.82. The molecule has 122 valence electrons. The standard InChI is InChI=1S/C18H21FN2O2/c1-23-17-16(19)14(8-10-20-17)11-21-18(12-22)9-4-6-13-5-2-3-7-15(13)18/h2-3,5,7-8,10,21-22H,4,6,9,11-12H2,1H3/t18-/m1/s1. The van der Waals surface area contributed by atoms with Gasteiger partial charge < -0.3 is 15.2 Å². The molecule has 0 spiro atoms. The summed E-state index contributed by atoms with van der Waals surface area (Å²) in [5.74, 6) is -0.467. The smallest absolute Gasteiger partial charge is 0.250 e. The minimum Gasteiger partial charge on any atom is -0.479 e. The van der Waals surface area contributed by atoms with Crippen LogP contribution in [0.2, 0.25) is 0 Å². The number of aliphatic hydroxyl groups excluding tert-OH is 1. The maximum atomic E-state index is 14.3. The SMILES string of the molecule is COc1nccc(CN[C@@]2(CO)CCCc3ccccc32)c1F. The van der Waals surface area contributed by atoms with E-state index in [1.54, 1.807) is 6.07 Å². The second-order valence-corrected chi connectivity index (χ2v) is 5.90. The molecule has 2 aromatic rings. The highest BCUT2D eigenvalue weighted by molar-refractivity contribution is 5.36. The molecule has 5 heteroatoms. The van der Waals surface area contributed by atoms with Crippen molar-refractivity contribution < 1.29 is 14.2 Å². The molecular formula is C18H21FN2O2. The molecule has 1 aliphatic rings. The maximum absolute atomic E-state index is 14.3. The average Bonchev–Trinajstić information content (AvgIpc) is 2.61. The van der Waals surface area contributed by atoms with Crippen molar-refractivity contribution in [2.24, 2.45) is 0 Å². The molecule has 0 bridgehead atoms. The summed E-state index contributed by atoms with van der Waals surface area (Å²) in [5.41, 5.74) is 2.30. The lowest BCUT2D eigenvalue weighted by Crippen LogP contribution is -2.47. The van der Waals surface area contributed by atoms with Crippen LogP contribution in [0.25, 0.3) is 0 Å². The highest BCUT2D eigenvalue weighted by Crippen LogP contribution is 2.35. The van der Waals surface area contributed by atoms with E-state index in [4.69, 9.17) is 4.74 Å². The maximum Gasteiger partial charge on any atom is 0.250 e. The van der Waals surface area contributed by atoms with Gasteiger partial charge in [0.2, 0.25) is 5.88 Å². The molecule has 1 aromatic heterocycles. The van der Waals surface area contributed by atoms with E-state index in [2.05, 4.69) is 16.4 Å². The molecule has 4 nitrogen and oxygen atoms in total. The van der Waals surface area contributed by atoms with Crippen molar-refractivity contribution in [2.75, 3.05) is 13.7 Å². The Kier molecular flexibility index (Phi) is 4.59. The minimum absolute atomic E-state index is 0.00797. The number of nitrogens with zero attached hydrogens (tertiary/aromatic N) is 1. The molecule has 0 unspecified atom stereocenters. The molecule has 0 saturated heterocycles. The number of methoxy groups -OCH3 is 1. The summed E-state index contributed by atoms with van der Waals surface area (Å²) in [5, 5.41) is 13.4. The summed E-state index contributed by atoms with van der Waals surface area (Å²) in [6, 6.07) is 9.76. The molecule has 2 N–H and O–H groups in total. The number of aryl methyl sites for hydroxylation is 1. The number of nitrogens with one attached hydrogen (secondary N) is 1. The molecule has 0 aliphatic heterocycles. The third-order valence-electron chi connectivity index (χ3n) is 4.60. The van der Waals surface area contributed by atoms with Gasteiger partial charge >= 0.3 is 0 Å². The monoisotopic (exact) mass is 316 g/mol. The number of hydrogen-bond donors (Lipinski definition) is 2. The summed E-state index contributed by atoms with van der Waals surface area (Å²) in [6.45, 7) is 0.285. The minimum atomic E-state index is -0.530. The van der Waals surface area contributed by atoms with E-state index in [-0.39, 0.29) is 12.5 Å². The van der Waals surface area contributed by atoms with Crippen molar-refractivity contribution in [3.8, 4) is 5.88 Å². The van der Waals surface area contributed by atoms with Crippen LogP contribution in [0, 0.1) is 5.82 Å². The zero-order valence-electron chi connectivity index (χ0n) is 13.2. The highest BCUT2D eigenvalue weighted by Gasteiger charge is 2.35. The average molecular weight is 316 g/mol. The molecule has 1 atom stereocenters. The van der Waals surface area contributed by atoms with Crippen LogP contribution >= 0.6 is 0 Å². The van der Waals surface area contributed by atoms with E-state index >= 15 is 0 Å². The fourth-order valence-corrected chi connectivity index (χ4v) is 3.33. The van der Waals surface area contributed by atoms with Crippen molar-refractivity contribution >= 4 is 0 Å². The number of ether oxygens (including phenoxy) is 1. The Morgan fingerprint density at radius 3 is 2.96 bits per heavy atom. The summed E-state index contributed by atoms with van der Waals surface area (Å²) in [6.07, 6.45) is 4.35. The molecule has 0 fully saturated rings. The fourth-order valence-electron chi connectivity index (χ4n) is 3.33. The number of pyridine rings is 1. The first-order valence-corrected chi connectivity index (χ1v) is 7.82. The molecule has 0 radical (unpaired) electrons. The Morgan fingerprint density at radius 1 is 1.35 bits per heavy atom. The number of benzene rings is 1. The lowest BCUT2D eigenvalue weighted by Gasteiger charge is -2.39. The lowest BCUT2D eigenvalue weighted by molar-refractivity contribution is 0.139. The third-order valence-corrected chi connectivity index (χ3v) is 4.60. The topological polar surface area (TPSA) is 54.4 Å². The molecule has 0 amide bonds. The quantitative estimate of drug-likeness (QED) is 0.890. The van der Waals surface area contributed by atoms with Crippen molar-refractivity contribution in [2.45, 2.75) is 31.3 Å². The third kappa shape index (κ3) is 2.94. The van der Waals surface area contributed by atoms with Crippen LogP contribution in [0.1, 0.15) is 29.5 Å². The van der Waals surface area contributed by atoms with Crippen molar-refractivity contribution in [1.29, 1.82) is 0 Å². The van der Waals surface area contributed by atoms with Gasteiger partial charge in [0.05, 0.1) is 19.3 Å². The van der Waals surface area contributed by atoms with E-state index in [1.807, 2.05) is 18.2 Å². The summed E-state index contributed by atoms with van der Waals surface area (Å²) in [7, 11) is 1.40. The van der Waals surface area contributed by atoms with E-state index in [9.17, 15) is 9.50 Å². The van der Waals surface area contributed by atoms with Gasteiger partial charge in [-0.15, -0.1) is 0 Å². The van der Waals surface area contributed by atoms with Crippen LogP contribution in [0.5, 0.6) is 5.88 Å². The van der Waals surface area contributed by atoms with Gasteiger partial charge in [-0.05, 0) is 36.5 Å². The van der Waals surface area contributed by atoms with Crippen LogP contribution in [0.3, 0.4) is 0 Å². The van der Waals surface area contributed by atoms with Crippen LogP contribution in [-0.2, 0) is 18.5 Å². The molecule has 1 heterocycles. The molecule has 23 heavy (non-hydrogen) atoms. The van der Waals surface area contributed by atoms with E-state index in [1.165, 1.54) is 18.9 Å². The summed E-state index contributed by atoms with van der Waals surface area (Å²) in [4.78, 5) is 3.85. The number of hydrogen-bond acceptors (Lipinski definition) is 4. The van der Waals surface area contributed by atoms with E-state index in [0.29, 0.717) is 12.1 Å². The largest absolute Gasteiger partial charge is 0.479 e. The van der Waals surface area contributed by atoms with E-state index in [0.717, 1.165) is 24.8 Å². The van der Waals surface area contributed by atoms with E-state index < -0.39 is 11.4 Å². The Morgan fingerprint density at radius 2 is 2.17 bits per heavy atom. The lowest BCUT2D eigenvalue weighted by atomic mass is 9.77. The Hall–Kier alpha value is -1.98. The Bertz CT molecular complexity index is 692. The van der Waals surface area contributed by atoms with Gasteiger partial charge in [-0.2, -0.15) is 0 Å². The Labute approximate surface area is 135 Å². The predicted octanol–water partition coefficient (Wildman–Crippen LogP) is 2.54. The zero-order valence-corrected chi connectivity index (χ0v) is 13.2. The first-order chi connectivity index (χ1) is 11.2. The molecule has 0 saturated carbocycles. The van der Waals surface area contributed by atoms with Crippen LogP contribution in [0.4, 0.5) is 4.39 Å². The normalized spacial score (nSPS) is 20.1. The van der Waals surface area contributed by atoms with Crippen LogP contribution in [0.15, 0.2) is 36.5 Å². The number of halogens is 1. The van der Waals surface area contributed by atoms with Gasteiger partial charge in [0.15, 0.2) is 5.82 Å². The van der Waals surface area contributed by atoms with Gasteiger partial charge in [-0.3, -0.25) is 0 Å². The van der Waals surface area contributed by atoms with Crippen molar-refractivity contribution in [3.05, 3.63) is 59.0 Å². The van der Waals surface area contributed by atoms with Gasteiger partial charge in [0, 0.05) is 18.3 Å². The Balaban J connectivity index is 1.87. The number of aliphatic hydroxyl groups is 1. The van der Waals surface area contributed by atoms with Gasteiger partial charge in [-0.1, -0.05) is 24.3 Å². The fraction of sp³-hybridized carbons (Fsp3) is 0.389. The molecule has 1 aromatic carbocycles. The first kappa shape index (κ1) is 15.9.